The zero-order valence-electron chi connectivity index (χ0n) is 13.4. The second kappa shape index (κ2) is 10.0. The molecule has 130 valence electrons. The highest BCUT2D eigenvalue weighted by Gasteiger charge is 2.22. The number of benzene rings is 1. The molecule has 1 heterocycles. The van der Waals surface area contributed by atoms with Crippen molar-refractivity contribution in [3.63, 3.8) is 0 Å². The van der Waals surface area contributed by atoms with Gasteiger partial charge in [-0.2, -0.15) is 0 Å². The van der Waals surface area contributed by atoms with Crippen LogP contribution in [0.5, 0.6) is 0 Å². The summed E-state index contributed by atoms with van der Waals surface area (Å²) in [5, 5.41) is 2.98. The molecule has 23 heavy (non-hydrogen) atoms. The number of halogens is 3. The van der Waals surface area contributed by atoms with Crippen molar-refractivity contribution < 1.29 is 8.78 Å². The highest BCUT2D eigenvalue weighted by atomic mass is 127. The van der Waals surface area contributed by atoms with Crippen LogP contribution >= 0.6 is 24.0 Å². The maximum atomic E-state index is 13.5. The zero-order chi connectivity index (χ0) is 15.9. The van der Waals surface area contributed by atoms with E-state index in [2.05, 4.69) is 22.1 Å². The molecule has 0 bridgehead atoms. The first kappa shape index (κ1) is 20.1. The average Bonchev–Trinajstić information content (AvgIpc) is 2.95. The Morgan fingerprint density at radius 1 is 1.43 bits per heavy atom. The lowest BCUT2D eigenvalue weighted by Crippen LogP contribution is -2.36. The van der Waals surface area contributed by atoms with Gasteiger partial charge in [0.05, 0.1) is 6.54 Å². The number of nitrogens with two attached hydrogens (primary N) is 1. The summed E-state index contributed by atoms with van der Waals surface area (Å²) < 4.78 is 26.3. The minimum Gasteiger partial charge on any atom is -0.370 e. The van der Waals surface area contributed by atoms with Crippen molar-refractivity contribution in [2.45, 2.75) is 32.2 Å². The fraction of sp³-hybridized carbons (Fsp3) is 0.562. The van der Waals surface area contributed by atoms with Gasteiger partial charge in [-0.1, -0.05) is 13.0 Å². The molecule has 1 atom stereocenters. The number of hydrogen-bond donors (Lipinski definition) is 2. The molecule has 1 aromatic rings. The number of likely N-dealkylation sites (tertiary alicyclic amines) is 1. The zero-order valence-corrected chi connectivity index (χ0v) is 15.7. The van der Waals surface area contributed by atoms with Gasteiger partial charge < -0.3 is 11.1 Å². The van der Waals surface area contributed by atoms with Crippen molar-refractivity contribution in [3.05, 3.63) is 35.4 Å². The summed E-state index contributed by atoms with van der Waals surface area (Å²) in [6, 6.07) is 4.08. The van der Waals surface area contributed by atoms with Crippen molar-refractivity contribution in [1.82, 2.24) is 10.2 Å². The molecule has 1 saturated heterocycles. The van der Waals surface area contributed by atoms with Gasteiger partial charge in [-0.15, -0.1) is 24.0 Å². The number of nitrogens with one attached hydrogen (secondary N) is 1. The number of nitrogens with zero attached hydrogens (tertiary/aromatic N) is 2. The Bertz CT molecular complexity index is 525. The molecule has 1 aromatic carbocycles. The van der Waals surface area contributed by atoms with E-state index in [1.54, 1.807) is 0 Å². The molecule has 2 rings (SSSR count). The Balaban J connectivity index is 0.00000264. The van der Waals surface area contributed by atoms with Crippen molar-refractivity contribution in [3.8, 4) is 0 Å². The van der Waals surface area contributed by atoms with Crippen molar-refractivity contribution in [1.29, 1.82) is 0 Å². The summed E-state index contributed by atoms with van der Waals surface area (Å²) in [4.78, 5) is 6.77. The van der Waals surface area contributed by atoms with Crippen LogP contribution in [0.15, 0.2) is 23.2 Å². The number of guanidine groups is 1. The first-order chi connectivity index (χ1) is 10.6. The highest BCUT2D eigenvalue weighted by Crippen LogP contribution is 2.16. The third-order valence-electron chi connectivity index (χ3n) is 4.09. The van der Waals surface area contributed by atoms with E-state index in [0.717, 1.165) is 25.6 Å². The fourth-order valence-electron chi connectivity index (χ4n) is 2.83. The highest BCUT2D eigenvalue weighted by molar-refractivity contribution is 14.0. The van der Waals surface area contributed by atoms with E-state index in [9.17, 15) is 8.78 Å². The lowest BCUT2D eigenvalue weighted by molar-refractivity contribution is 0.273. The van der Waals surface area contributed by atoms with Crippen molar-refractivity contribution >= 4 is 29.9 Å². The van der Waals surface area contributed by atoms with Crippen molar-refractivity contribution in [2.24, 2.45) is 10.7 Å². The molecule has 0 amide bonds. The number of rotatable bonds is 6. The summed E-state index contributed by atoms with van der Waals surface area (Å²) in [5.74, 6) is -0.709. The predicted octanol–water partition coefficient (Wildman–Crippen LogP) is 2.51. The van der Waals surface area contributed by atoms with Crippen LogP contribution in [0.25, 0.3) is 0 Å². The molecular formula is C16H25F2IN4. The molecule has 0 aliphatic carbocycles. The monoisotopic (exact) mass is 438 g/mol. The standard InChI is InChI=1S/C16H24F2N4.HI/c1-2-22-9-3-4-14(22)11-21-16(19)20-8-7-12-5-6-13(17)10-15(12)18;/h5-6,10,14H,2-4,7-9,11H2,1H3,(H3,19,20,21);1H. The van der Waals surface area contributed by atoms with Crippen LogP contribution < -0.4 is 11.1 Å². The largest absolute Gasteiger partial charge is 0.370 e. The molecule has 0 radical (unpaired) electrons. The lowest BCUT2D eigenvalue weighted by Gasteiger charge is -2.20. The van der Waals surface area contributed by atoms with Crippen LogP contribution in [0, 0.1) is 11.6 Å². The summed E-state index contributed by atoms with van der Waals surface area (Å²) in [5.41, 5.74) is 6.30. The van der Waals surface area contributed by atoms with Crippen LogP contribution in [0.1, 0.15) is 25.3 Å². The topological polar surface area (TPSA) is 53.6 Å². The van der Waals surface area contributed by atoms with Crippen molar-refractivity contribution in [2.75, 3.05) is 26.2 Å². The second-order valence-electron chi connectivity index (χ2n) is 5.56. The number of aliphatic imine (C=N–C) groups is 1. The SMILES string of the molecule is CCN1CCCC1CN=C(N)NCCc1ccc(F)cc1F.I. The van der Waals surface area contributed by atoms with Crippen LogP contribution in [-0.2, 0) is 6.42 Å². The maximum absolute atomic E-state index is 13.5. The van der Waals surface area contributed by atoms with E-state index in [1.807, 2.05) is 0 Å². The molecule has 1 fully saturated rings. The Morgan fingerprint density at radius 2 is 2.22 bits per heavy atom. The van der Waals surface area contributed by atoms with Gasteiger partial charge in [-0.25, -0.2) is 8.78 Å². The summed E-state index contributed by atoms with van der Waals surface area (Å²) in [7, 11) is 0. The Morgan fingerprint density at radius 3 is 2.91 bits per heavy atom. The molecular weight excluding hydrogens is 413 g/mol. The van der Waals surface area contributed by atoms with Gasteiger partial charge in [0.15, 0.2) is 5.96 Å². The van der Waals surface area contributed by atoms with Gasteiger partial charge in [-0.3, -0.25) is 9.89 Å². The number of hydrogen-bond acceptors (Lipinski definition) is 2. The number of likely N-dealkylation sites (N-methyl/N-ethyl adjacent to an activating group) is 1. The Labute approximate surface area is 153 Å². The first-order valence-corrected chi connectivity index (χ1v) is 7.82. The Hall–Kier alpha value is -0.960. The van der Waals surface area contributed by atoms with E-state index in [-0.39, 0.29) is 24.0 Å². The smallest absolute Gasteiger partial charge is 0.188 e. The van der Waals surface area contributed by atoms with Gasteiger partial charge in [0.1, 0.15) is 11.6 Å². The normalized spacial score (nSPS) is 18.7. The van der Waals surface area contributed by atoms with E-state index >= 15 is 0 Å². The minimum absolute atomic E-state index is 0. The third kappa shape index (κ3) is 6.21. The molecule has 0 aromatic heterocycles. The van der Waals surface area contributed by atoms with Gasteiger partial charge in [-0.05, 0) is 44.0 Å². The minimum atomic E-state index is -0.563. The van der Waals surface area contributed by atoms with Gasteiger partial charge in [0.25, 0.3) is 0 Å². The molecule has 7 heteroatoms. The molecule has 1 aliphatic heterocycles. The van der Waals surface area contributed by atoms with Crippen LogP contribution in [0.4, 0.5) is 8.78 Å². The van der Waals surface area contributed by atoms with E-state index in [0.29, 0.717) is 37.1 Å². The fourth-order valence-corrected chi connectivity index (χ4v) is 2.83. The molecule has 4 nitrogen and oxygen atoms in total. The summed E-state index contributed by atoms with van der Waals surface area (Å²) >= 11 is 0. The predicted molar refractivity (Wildman–Crippen MR) is 100 cm³/mol. The van der Waals surface area contributed by atoms with Crippen LogP contribution in [0.3, 0.4) is 0 Å². The van der Waals surface area contributed by atoms with Gasteiger partial charge in [0.2, 0.25) is 0 Å². The molecule has 0 saturated carbocycles. The van der Waals surface area contributed by atoms with Crippen LogP contribution in [0.2, 0.25) is 0 Å². The van der Waals surface area contributed by atoms with E-state index < -0.39 is 11.6 Å². The summed E-state index contributed by atoms with van der Waals surface area (Å²) in [6.45, 7) is 5.49. The first-order valence-electron chi connectivity index (χ1n) is 7.82. The van der Waals surface area contributed by atoms with Gasteiger partial charge >= 0.3 is 0 Å². The lowest BCUT2D eigenvalue weighted by atomic mass is 10.1. The molecule has 1 aliphatic rings. The van der Waals surface area contributed by atoms with E-state index in [1.165, 1.54) is 18.6 Å². The molecule has 3 N–H and O–H groups in total. The quantitative estimate of drug-likeness (QED) is 0.408. The Kier molecular flexibility index (Phi) is 8.75. The maximum Gasteiger partial charge on any atom is 0.188 e. The molecule has 0 spiro atoms. The third-order valence-corrected chi connectivity index (χ3v) is 4.09. The van der Waals surface area contributed by atoms with Crippen LogP contribution in [-0.4, -0.2) is 43.1 Å². The van der Waals surface area contributed by atoms with E-state index in [4.69, 9.17) is 5.73 Å². The summed E-state index contributed by atoms with van der Waals surface area (Å²) in [6.07, 6.45) is 2.81. The average molecular weight is 438 g/mol. The second-order valence-corrected chi connectivity index (χ2v) is 5.56. The molecule has 1 unspecified atom stereocenters. The van der Waals surface area contributed by atoms with Gasteiger partial charge in [0, 0.05) is 18.7 Å².